The summed E-state index contributed by atoms with van der Waals surface area (Å²) in [6.07, 6.45) is 7.27. The fraction of sp³-hybridized carbons (Fsp3) is 0.533. The third-order valence-corrected chi connectivity index (χ3v) is 4.36. The fourth-order valence-electron chi connectivity index (χ4n) is 2.00. The second-order valence-corrected chi connectivity index (χ2v) is 6.09. The van der Waals surface area contributed by atoms with Gasteiger partial charge in [0.25, 0.3) is 0 Å². The van der Waals surface area contributed by atoms with Gasteiger partial charge in [-0.2, -0.15) is 10.2 Å². The highest BCUT2D eigenvalue weighted by molar-refractivity contribution is 7.17. The van der Waals surface area contributed by atoms with E-state index in [1.807, 2.05) is 0 Å². The quantitative estimate of drug-likeness (QED) is 0.584. The van der Waals surface area contributed by atoms with Gasteiger partial charge >= 0.3 is 5.97 Å². The summed E-state index contributed by atoms with van der Waals surface area (Å²) in [6.45, 7) is 3.74. The van der Waals surface area contributed by atoms with E-state index in [-0.39, 0.29) is 12.3 Å². The number of rotatable bonds is 8. The number of aromatic nitrogens is 1. The molecule has 0 saturated carbocycles. The molecule has 2 rings (SSSR count). The van der Waals surface area contributed by atoms with Crippen LogP contribution in [-0.4, -0.2) is 29.1 Å². The second kappa shape index (κ2) is 7.33. The smallest absolute Gasteiger partial charge is 0.350 e. The van der Waals surface area contributed by atoms with Crippen LogP contribution in [0.5, 0.6) is 0 Å². The van der Waals surface area contributed by atoms with Gasteiger partial charge < -0.3 is 10.1 Å². The Labute approximate surface area is 138 Å². The van der Waals surface area contributed by atoms with Gasteiger partial charge in [0, 0.05) is 25.7 Å². The van der Waals surface area contributed by atoms with E-state index in [9.17, 15) is 9.59 Å². The minimum Gasteiger partial charge on any atom is -0.462 e. The summed E-state index contributed by atoms with van der Waals surface area (Å²) in [5.41, 5.74) is 0.0694. The fourth-order valence-corrected chi connectivity index (χ4v) is 2.88. The average Bonchev–Trinajstić information content (AvgIpc) is 3.20. The Hall–Kier alpha value is -2.27. The molecule has 2 heterocycles. The minimum atomic E-state index is -0.474. The molecule has 0 aliphatic carbocycles. The molecule has 0 radical (unpaired) electrons. The zero-order valence-electron chi connectivity index (χ0n) is 13.1. The number of terminal acetylenes is 1. The number of hydrogen-bond donors (Lipinski definition) is 1. The summed E-state index contributed by atoms with van der Waals surface area (Å²) < 4.78 is 4.94. The molecule has 1 aliphatic rings. The molecule has 1 aromatic heterocycles. The lowest BCUT2D eigenvalue weighted by atomic mass is 10.0. The maximum atomic E-state index is 12.0. The van der Waals surface area contributed by atoms with Crippen LogP contribution in [0, 0.1) is 19.3 Å². The molecule has 1 aromatic rings. The van der Waals surface area contributed by atoms with Gasteiger partial charge in [0.05, 0.1) is 12.3 Å². The van der Waals surface area contributed by atoms with Crippen molar-refractivity contribution < 1.29 is 14.3 Å². The molecule has 23 heavy (non-hydrogen) atoms. The lowest BCUT2D eigenvalue weighted by Crippen LogP contribution is -2.17. The summed E-state index contributed by atoms with van der Waals surface area (Å²) in [5.74, 6) is 1.94. The Morgan fingerprint density at radius 2 is 2.13 bits per heavy atom. The standard InChI is InChI=1S/C15H18N4O3S/c1-4-6-8-15(18-19-15)9-7-11(20)17-14-16-10(3)12(23-14)13(21)22-5-2/h1H,5-9H2,2-3H3,(H,16,17,20). The van der Waals surface area contributed by atoms with Crippen LogP contribution >= 0.6 is 11.3 Å². The van der Waals surface area contributed by atoms with Gasteiger partial charge in [-0.25, -0.2) is 9.78 Å². The molecular formula is C15H18N4O3S. The molecule has 0 spiro atoms. The van der Waals surface area contributed by atoms with Gasteiger partial charge in [0.15, 0.2) is 10.8 Å². The maximum absolute atomic E-state index is 12.0. The van der Waals surface area contributed by atoms with Crippen molar-refractivity contribution in [2.24, 2.45) is 10.2 Å². The first kappa shape index (κ1) is 17.1. The molecule has 7 nitrogen and oxygen atoms in total. The first-order chi connectivity index (χ1) is 11.0. The third-order valence-electron chi connectivity index (χ3n) is 3.31. The highest BCUT2D eigenvalue weighted by Gasteiger charge is 2.39. The van der Waals surface area contributed by atoms with Crippen molar-refractivity contribution in [2.75, 3.05) is 11.9 Å². The van der Waals surface area contributed by atoms with Crippen molar-refractivity contribution in [3.63, 3.8) is 0 Å². The number of ether oxygens (including phenoxy) is 1. The predicted octanol–water partition coefficient (Wildman–Crippen LogP) is 2.92. The highest BCUT2D eigenvalue weighted by Crippen LogP contribution is 2.37. The number of hydrogen-bond acceptors (Lipinski definition) is 7. The van der Waals surface area contributed by atoms with Crippen molar-refractivity contribution in [3.8, 4) is 12.3 Å². The van der Waals surface area contributed by atoms with Crippen molar-refractivity contribution in [1.82, 2.24) is 4.98 Å². The number of thiazole rings is 1. The first-order valence-electron chi connectivity index (χ1n) is 7.31. The number of amides is 1. The Bertz CT molecular complexity index is 669. The maximum Gasteiger partial charge on any atom is 0.350 e. The summed E-state index contributed by atoms with van der Waals surface area (Å²) in [7, 11) is 0. The third kappa shape index (κ3) is 4.60. The highest BCUT2D eigenvalue weighted by atomic mass is 32.1. The van der Waals surface area contributed by atoms with E-state index in [4.69, 9.17) is 11.2 Å². The number of nitrogens with zero attached hydrogens (tertiary/aromatic N) is 3. The van der Waals surface area contributed by atoms with Gasteiger partial charge in [0.2, 0.25) is 5.91 Å². The Kier molecular flexibility index (Phi) is 5.45. The normalized spacial score (nSPS) is 14.1. The average molecular weight is 334 g/mol. The molecule has 0 unspecified atom stereocenters. The molecule has 8 heteroatoms. The summed E-state index contributed by atoms with van der Waals surface area (Å²) in [5, 5.41) is 11.1. The van der Waals surface area contributed by atoms with Gasteiger partial charge in [-0.05, 0) is 13.8 Å². The van der Waals surface area contributed by atoms with Crippen LogP contribution in [0.15, 0.2) is 10.2 Å². The molecule has 1 aliphatic heterocycles. The largest absolute Gasteiger partial charge is 0.462 e. The van der Waals surface area contributed by atoms with E-state index in [1.165, 1.54) is 0 Å². The number of carbonyl (C=O) groups excluding carboxylic acids is 2. The summed E-state index contributed by atoms with van der Waals surface area (Å²) in [4.78, 5) is 28.3. The van der Waals surface area contributed by atoms with Gasteiger partial charge in [-0.3, -0.25) is 4.79 Å². The monoisotopic (exact) mass is 334 g/mol. The molecule has 0 fully saturated rings. The van der Waals surface area contributed by atoms with Crippen LogP contribution in [0.4, 0.5) is 5.13 Å². The summed E-state index contributed by atoms with van der Waals surface area (Å²) in [6, 6.07) is 0. The minimum absolute atomic E-state index is 0.188. The molecule has 1 N–H and O–H groups in total. The van der Waals surface area contributed by atoms with Crippen molar-refractivity contribution >= 4 is 28.3 Å². The number of aryl methyl sites for hydroxylation is 1. The second-order valence-electron chi connectivity index (χ2n) is 5.09. The van der Waals surface area contributed by atoms with E-state index < -0.39 is 11.6 Å². The summed E-state index contributed by atoms with van der Waals surface area (Å²) >= 11 is 1.11. The van der Waals surface area contributed by atoms with Crippen LogP contribution in [-0.2, 0) is 9.53 Å². The van der Waals surface area contributed by atoms with Gasteiger partial charge in [-0.1, -0.05) is 11.3 Å². The SMILES string of the molecule is C#CCCC1(CCC(=O)Nc2nc(C)c(C(=O)OCC)s2)N=N1. The first-order valence-corrected chi connectivity index (χ1v) is 8.13. The Morgan fingerprint density at radius 3 is 2.74 bits per heavy atom. The molecule has 0 aromatic carbocycles. The van der Waals surface area contributed by atoms with Crippen LogP contribution < -0.4 is 5.32 Å². The van der Waals surface area contributed by atoms with Crippen molar-refractivity contribution in [2.45, 2.75) is 45.2 Å². The molecule has 1 amide bonds. The lowest BCUT2D eigenvalue weighted by molar-refractivity contribution is -0.116. The van der Waals surface area contributed by atoms with Crippen LogP contribution in [0.3, 0.4) is 0 Å². The topological polar surface area (TPSA) is 93.0 Å². The molecule has 0 bridgehead atoms. The van der Waals surface area contributed by atoms with E-state index >= 15 is 0 Å². The zero-order chi connectivity index (χ0) is 16.9. The van der Waals surface area contributed by atoms with E-state index in [2.05, 4.69) is 26.4 Å². The van der Waals surface area contributed by atoms with Gasteiger partial charge in [-0.15, -0.1) is 12.3 Å². The van der Waals surface area contributed by atoms with Gasteiger partial charge in [0.1, 0.15) is 4.88 Å². The molecular weight excluding hydrogens is 316 g/mol. The Balaban J connectivity index is 1.85. The van der Waals surface area contributed by atoms with Crippen LogP contribution in [0.2, 0.25) is 0 Å². The van der Waals surface area contributed by atoms with Crippen LogP contribution in [0.1, 0.15) is 48.0 Å². The lowest BCUT2D eigenvalue weighted by Gasteiger charge is -2.07. The molecule has 0 atom stereocenters. The molecule has 0 saturated heterocycles. The number of carbonyl (C=O) groups is 2. The number of anilines is 1. The number of esters is 1. The van der Waals surface area contributed by atoms with Crippen LogP contribution in [0.25, 0.3) is 0 Å². The van der Waals surface area contributed by atoms with E-state index in [1.54, 1.807) is 13.8 Å². The van der Waals surface area contributed by atoms with E-state index in [0.717, 1.165) is 11.3 Å². The van der Waals surface area contributed by atoms with E-state index in [0.29, 0.717) is 41.6 Å². The van der Waals surface area contributed by atoms with Crippen molar-refractivity contribution in [3.05, 3.63) is 10.6 Å². The molecule has 122 valence electrons. The number of nitrogens with one attached hydrogen (secondary N) is 1. The zero-order valence-corrected chi connectivity index (χ0v) is 13.9. The Morgan fingerprint density at radius 1 is 1.39 bits per heavy atom. The predicted molar refractivity (Wildman–Crippen MR) is 86.3 cm³/mol. The van der Waals surface area contributed by atoms with Crippen molar-refractivity contribution in [1.29, 1.82) is 0 Å².